The van der Waals surface area contributed by atoms with E-state index < -0.39 is 0 Å². The lowest BCUT2D eigenvalue weighted by molar-refractivity contribution is 0.401. The predicted octanol–water partition coefficient (Wildman–Crippen LogP) is 3.80. The summed E-state index contributed by atoms with van der Waals surface area (Å²) >= 11 is 8.33. The lowest BCUT2D eigenvalue weighted by Gasteiger charge is -2.17. The number of thiocarbonyl (C=S) groups is 1. The fraction of sp³-hybridized carbons (Fsp3) is 0.176. The lowest BCUT2D eigenvalue weighted by Crippen LogP contribution is -2.28. The van der Waals surface area contributed by atoms with E-state index in [2.05, 4.69) is 26.4 Å². The Kier molecular flexibility index (Phi) is 6.49. The maximum absolute atomic E-state index is 10.5. The highest BCUT2D eigenvalue weighted by Crippen LogP contribution is 2.35. The molecule has 1 aliphatic rings. The van der Waals surface area contributed by atoms with E-state index in [1.165, 1.54) is 30.4 Å². The number of nitriles is 1. The average Bonchev–Trinajstić information content (AvgIpc) is 2.62. The summed E-state index contributed by atoms with van der Waals surface area (Å²) in [7, 11) is 0. The van der Waals surface area contributed by atoms with Crippen molar-refractivity contribution in [3.8, 4) is 17.6 Å². The van der Waals surface area contributed by atoms with E-state index in [-0.39, 0.29) is 43.9 Å². The van der Waals surface area contributed by atoms with Gasteiger partial charge in [-0.05, 0) is 57.4 Å². The quantitative estimate of drug-likeness (QED) is 0.182. The van der Waals surface area contributed by atoms with E-state index >= 15 is 0 Å². The number of phenols is 2. The van der Waals surface area contributed by atoms with Crippen LogP contribution in [0.15, 0.2) is 51.0 Å². The van der Waals surface area contributed by atoms with Crippen molar-refractivity contribution in [2.75, 3.05) is 6.54 Å². The van der Waals surface area contributed by atoms with Crippen LogP contribution < -0.4 is 5.32 Å². The topological polar surface area (TPSA) is 126 Å². The van der Waals surface area contributed by atoms with Gasteiger partial charge in [0, 0.05) is 12.5 Å². The van der Waals surface area contributed by atoms with Crippen molar-refractivity contribution in [2.24, 2.45) is 11.1 Å². The number of benzene rings is 1. The standard InChI is InChI=1S/C17H14BrN3O4S/c18-12-4-10(6-15(23)16(12)24)3-11(7-19)17(26)20-8-9-1-2-13(21-25)14(22)5-9/h2-6,9,22-24H,1,8H2,(H,20,26)/b11-3+/t9-/m1/s1. The first-order chi connectivity index (χ1) is 12.3. The van der Waals surface area contributed by atoms with Crippen LogP contribution in [0.1, 0.15) is 12.0 Å². The molecular weight excluding hydrogens is 422 g/mol. The molecule has 0 saturated heterocycles. The number of nitroso groups, excluding NO2 is 1. The minimum atomic E-state index is -0.323. The molecule has 7 nitrogen and oxygen atoms in total. The van der Waals surface area contributed by atoms with E-state index in [0.717, 1.165) is 0 Å². The summed E-state index contributed by atoms with van der Waals surface area (Å²) in [6, 6.07) is 4.83. The van der Waals surface area contributed by atoms with Crippen LogP contribution in [0.5, 0.6) is 11.5 Å². The summed E-state index contributed by atoms with van der Waals surface area (Å²) in [4.78, 5) is 10.7. The normalized spacial score (nSPS) is 16.9. The minimum absolute atomic E-state index is 0.0131. The first-order valence-corrected chi connectivity index (χ1v) is 8.62. The van der Waals surface area contributed by atoms with Gasteiger partial charge in [-0.15, -0.1) is 4.91 Å². The second kappa shape index (κ2) is 8.60. The van der Waals surface area contributed by atoms with Gasteiger partial charge in [-0.25, -0.2) is 0 Å². The fourth-order valence-corrected chi connectivity index (χ4v) is 2.95. The molecule has 0 spiro atoms. The van der Waals surface area contributed by atoms with Crippen LogP contribution in [-0.4, -0.2) is 26.9 Å². The number of nitrogens with zero attached hydrogens (tertiary/aromatic N) is 2. The molecule has 0 bridgehead atoms. The Bertz CT molecular complexity index is 863. The number of aliphatic hydroxyl groups is 1. The molecule has 134 valence electrons. The molecule has 0 heterocycles. The summed E-state index contributed by atoms with van der Waals surface area (Å²) in [6.45, 7) is 0.356. The van der Waals surface area contributed by atoms with E-state index in [0.29, 0.717) is 18.5 Å². The van der Waals surface area contributed by atoms with E-state index in [1.54, 1.807) is 0 Å². The molecule has 1 aromatic rings. The number of rotatable bonds is 5. The lowest BCUT2D eigenvalue weighted by atomic mass is 9.98. The molecular formula is C17H14BrN3O4S. The Morgan fingerprint density at radius 2 is 2.19 bits per heavy atom. The van der Waals surface area contributed by atoms with Crippen molar-refractivity contribution < 1.29 is 15.3 Å². The second-order valence-corrected chi connectivity index (χ2v) is 6.74. The molecule has 0 unspecified atom stereocenters. The molecule has 0 aliphatic heterocycles. The molecule has 4 N–H and O–H groups in total. The number of phenolic OH excluding ortho intramolecular Hbond substituents is 2. The average molecular weight is 436 g/mol. The maximum Gasteiger partial charge on any atom is 0.171 e. The van der Waals surface area contributed by atoms with Crippen LogP contribution in [0.3, 0.4) is 0 Å². The van der Waals surface area contributed by atoms with Gasteiger partial charge in [0.15, 0.2) is 11.5 Å². The van der Waals surface area contributed by atoms with Crippen molar-refractivity contribution in [2.45, 2.75) is 6.42 Å². The Balaban J connectivity index is 2.07. The van der Waals surface area contributed by atoms with Crippen molar-refractivity contribution in [1.29, 1.82) is 5.26 Å². The van der Waals surface area contributed by atoms with E-state index in [4.69, 9.17) is 12.2 Å². The third-order valence-electron chi connectivity index (χ3n) is 3.63. The second-order valence-electron chi connectivity index (χ2n) is 5.48. The van der Waals surface area contributed by atoms with Crippen LogP contribution >= 0.6 is 28.1 Å². The van der Waals surface area contributed by atoms with Crippen LogP contribution in [-0.2, 0) is 0 Å². The largest absolute Gasteiger partial charge is 0.506 e. The Morgan fingerprint density at radius 3 is 2.77 bits per heavy atom. The molecule has 0 amide bonds. The zero-order valence-corrected chi connectivity index (χ0v) is 15.7. The fourth-order valence-electron chi connectivity index (χ4n) is 2.29. The zero-order valence-electron chi connectivity index (χ0n) is 13.3. The number of aliphatic hydroxyl groups excluding tert-OH is 1. The number of aromatic hydroxyl groups is 2. The molecule has 0 fully saturated rings. The number of nitrogens with one attached hydrogen (secondary N) is 1. The summed E-state index contributed by atoms with van der Waals surface area (Å²) in [5, 5.41) is 43.8. The number of hydrogen-bond acceptors (Lipinski definition) is 7. The summed E-state index contributed by atoms with van der Waals surface area (Å²) in [6.07, 6.45) is 5.03. The SMILES string of the molecule is N#C/C(=C\c1cc(O)c(O)c(Br)c1)C(=S)NC[C@H]1C=C(O)C(N=O)=CC1. The summed E-state index contributed by atoms with van der Waals surface area (Å²) in [5.41, 5.74) is 0.665. The van der Waals surface area contributed by atoms with Crippen LogP contribution in [0.2, 0.25) is 0 Å². The highest BCUT2D eigenvalue weighted by atomic mass is 79.9. The highest BCUT2D eigenvalue weighted by Gasteiger charge is 2.16. The minimum Gasteiger partial charge on any atom is -0.506 e. The molecule has 0 saturated carbocycles. The number of allylic oxidation sites excluding steroid dienone is 1. The Labute approximate surface area is 163 Å². The van der Waals surface area contributed by atoms with Crippen LogP contribution in [0.25, 0.3) is 6.08 Å². The zero-order chi connectivity index (χ0) is 19.3. The molecule has 0 aromatic heterocycles. The van der Waals surface area contributed by atoms with Gasteiger partial charge in [0.05, 0.1) is 10.0 Å². The van der Waals surface area contributed by atoms with Gasteiger partial charge in [0.25, 0.3) is 0 Å². The Hall–Kier alpha value is -2.70. The molecule has 1 aliphatic carbocycles. The molecule has 2 rings (SSSR count). The van der Waals surface area contributed by atoms with Crippen LogP contribution in [0, 0.1) is 22.2 Å². The summed E-state index contributed by atoms with van der Waals surface area (Å²) in [5.74, 6) is -0.895. The first-order valence-electron chi connectivity index (χ1n) is 7.41. The molecule has 9 heteroatoms. The van der Waals surface area contributed by atoms with Gasteiger partial charge in [0.1, 0.15) is 22.5 Å². The first kappa shape index (κ1) is 19.6. The summed E-state index contributed by atoms with van der Waals surface area (Å²) < 4.78 is 0.286. The number of halogens is 1. The third kappa shape index (κ3) is 4.68. The number of hydrogen-bond donors (Lipinski definition) is 4. The van der Waals surface area contributed by atoms with Gasteiger partial charge in [-0.3, -0.25) is 0 Å². The van der Waals surface area contributed by atoms with Crippen LogP contribution in [0.4, 0.5) is 0 Å². The van der Waals surface area contributed by atoms with Crippen molar-refractivity contribution in [3.63, 3.8) is 0 Å². The van der Waals surface area contributed by atoms with Crippen molar-refractivity contribution >= 4 is 39.2 Å². The van der Waals surface area contributed by atoms with Gasteiger partial charge in [0.2, 0.25) is 0 Å². The molecule has 1 aromatic carbocycles. The predicted molar refractivity (Wildman–Crippen MR) is 104 cm³/mol. The van der Waals surface area contributed by atoms with Crippen molar-refractivity contribution in [3.05, 3.63) is 56.3 Å². The van der Waals surface area contributed by atoms with Gasteiger partial charge in [-0.2, -0.15) is 5.26 Å². The van der Waals surface area contributed by atoms with Gasteiger partial charge in [-0.1, -0.05) is 18.3 Å². The molecule has 1 atom stereocenters. The highest BCUT2D eigenvalue weighted by molar-refractivity contribution is 9.10. The molecule has 26 heavy (non-hydrogen) atoms. The maximum atomic E-state index is 10.5. The van der Waals surface area contributed by atoms with E-state index in [9.17, 15) is 25.5 Å². The van der Waals surface area contributed by atoms with Crippen molar-refractivity contribution in [1.82, 2.24) is 5.32 Å². The third-order valence-corrected chi connectivity index (χ3v) is 4.60. The van der Waals surface area contributed by atoms with E-state index in [1.807, 2.05) is 6.07 Å². The molecule has 0 radical (unpaired) electrons. The smallest absolute Gasteiger partial charge is 0.171 e. The Morgan fingerprint density at radius 1 is 1.46 bits per heavy atom. The van der Waals surface area contributed by atoms with Gasteiger partial charge >= 0.3 is 0 Å². The van der Waals surface area contributed by atoms with Gasteiger partial charge < -0.3 is 20.6 Å². The monoisotopic (exact) mass is 435 g/mol.